The lowest BCUT2D eigenvalue weighted by Gasteiger charge is -2.49. The SMILES string of the molecule is CC1OC(=O)OC1COC(=O)C1=C(/C=C\c2cncnc2)CS[C@H]2[C@H](NC(=O)/C(=N\O)c3csc(N)n3)C(=O)N12. The van der Waals surface area contributed by atoms with E-state index in [1.807, 2.05) is 0 Å². The third-order valence-electron chi connectivity index (χ3n) is 6.05. The molecule has 5 rings (SSSR count). The summed E-state index contributed by atoms with van der Waals surface area (Å²) in [5.41, 5.74) is 6.37. The maximum atomic E-state index is 13.3. The highest BCUT2D eigenvalue weighted by Gasteiger charge is 2.54. The summed E-state index contributed by atoms with van der Waals surface area (Å²) in [5, 5.41) is 15.9. The molecule has 2 amide bonds. The number of allylic oxidation sites excluding steroid dienone is 1. The van der Waals surface area contributed by atoms with E-state index < -0.39 is 53.3 Å². The normalized spacial score (nSPS) is 24.3. The van der Waals surface area contributed by atoms with Crippen LogP contribution in [-0.2, 0) is 28.6 Å². The first kappa shape index (κ1) is 27.1. The second-order valence-corrected chi connectivity index (χ2v) is 10.6. The maximum absolute atomic E-state index is 13.3. The van der Waals surface area contributed by atoms with Crippen LogP contribution in [0.5, 0.6) is 0 Å². The van der Waals surface area contributed by atoms with E-state index in [0.717, 1.165) is 11.3 Å². The van der Waals surface area contributed by atoms with Gasteiger partial charge in [0.05, 0.1) is 0 Å². The Labute approximate surface area is 234 Å². The van der Waals surface area contributed by atoms with Gasteiger partial charge in [-0.15, -0.1) is 23.1 Å². The van der Waals surface area contributed by atoms with Gasteiger partial charge in [-0.2, -0.15) is 0 Å². The van der Waals surface area contributed by atoms with Gasteiger partial charge in [-0.25, -0.2) is 24.5 Å². The molecule has 4 N–H and O–H groups in total. The average Bonchev–Trinajstić information content (AvgIpc) is 3.52. The molecule has 0 radical (unpaired) electrons. The number of aromatic nitrogens is 3. The molecule has 2 unspecified atom stereocenters. The number of nitrogens with zero attached hydrogens (tertiary/aromatic N) is 5. The number of cyclic esters (lactones) is 2. The van der Waals surface area contributed by atoms with Crippen molar-refractivity contribution in [2.45, 2.75) is 30.5 Å². The molecular weight excluding hydrogens is 566 g/mol. The van der Waals surface area contributed by atoms with Crippen LogP contribution in [0.4, 0.5) is 9.93 Å². The molecule has 4 atom stereocenters. The first-order valence-corrected chi connectivity index (χ1v) is 13.6. The molecule has 0 aliphatic carbocycles. The molecule has 0 aromatic carbocycles. The Kier molecular flexibility index (Phi) is 7.65. The van der Waals surface area contributed by atoms with Crippen LogP contribution in [0.2, 0.25) is 0 Å². The summed E-state index contributed by atoms with van der Waals surface area (Å²) in [5.74, 6) is -1.95. The summed E-state index contributed by atoms with van der Waals surface area (Å²) >= 11 is 2.36. The summed E-state index contributed by atoms with van der Waals surface area (Å²) < 4.78 is 15.3. The van der Waals surface area contributed by atoms with Crippen LogP contribution in [0.15, 0.2) is 46.6 Å². The van der Waals surface area contributed by atoms with E-state index >= 15 is 0 Å². The number of nitrogen functional groups attached to an aromatic ring is 1. The van der Waals surface area contributed by atoms with Crippen molar-refractivity contribution in [1.29, 1.82) is 0 Å². The number of hydrogen-bond acceptors (Lipinski definition) is 15. The van der Waals surface area contributed by atoms with Crippen molar-refractivity contribution in [3.63, 3.8) is 0 Å². The number of amides is 2. The molecular formula is C23H21N7O8S2. The second kappa shape index (κ2) is 11.3. The Morgan fingerprint density at radius 3 is 2.73 bits per heavy atom. The molecule has 3 aliphatic heterocycles. The summed E-state index contributed by atoms with van der Waals surface area (Å²) in [6.07, 6.45) is 5.58. The number of β-lactam (4-membered cyclic amide) rings is 1. The Bertz CT molecular complexity index is 1440. The quantitative estimate of drug-likeness (QED) is 0.127. The lowest BCUT2D eigenvalue weighted by Crippen LogP contribution is -2.71. The second-order valence-electron chi connectivity index (χ2n) is 8.59. The van der Waals surface area contributed by atoms with Crippen molar-refractivity contribution < 1.29 is 38.6 Å². The highest BCUT2D eigenvalue weighted by atomic mass is 32.2. The number of thiazole rings is 1. The Morgan fingerprint density at radius 2 is 2.08 bits per heavy atom. The molecule has 0 bridgehead atoms. The van der Waals surface area contributed by atoms with E-state index in [-0.39, 0.29) is 28.9 Å². The predicted molar refractivity (Wildman–Crippen MR) is 140 cm³/mol. The van der Waals surface area contributed by atoms with Gasteiger partial charge in [-0.1, -0.05) is 17.3 Å². The zero-order valence-corrected chi connectivity index (χ0v) is 22.3. The van der Waals surface area contributed by atoms with Crippen molar-refractivity contribution in [3.05, 3.63) is 52.7 Å². The Balaban J connectivity index is 1.36. The minimum atomic E-state index is -1.02. The first-order valence-electron chi connectivity index (χ1n) is 11.7. The van der Waals surface area contributed by atoms with E-state index in [4.69, 9.17) is 19.9 Å². The topological polar surface area (TPSA) is 209 Å². The molecule has 2 fully saturated rings. The van der Waals surface area contributed by atoms with Gasteiger partial charge in [0.15, 0.2) is 16.9 Å². The number of carbonyl (C=O) groups excluding carboxylic acids is 4. The van der Waals surface area contributed by atoms with Crippen LogP contribution in [0, 0.1) is 0 Å². The van der Waals surface area contributed by atoms with E-state index in [1.54, 1.807) is 31.5 Å². The number of hydrogen-bond donors (Lipinski definition) is 3. The highest BCUT2D eigenvalue weighted by Crippen LogP contribution is 2.41. The number of fused-ring (bicyclic) bond motifs is 1. The number of nitrogens with one attached hydrogen (secondary N) is 1. The molecule has 5 heterocycles. The highest BCUT2D eigenvalue weighted by molar-refractivity contribution is 8.00. The molecule has 17 heteroatoms. The average molecular weight is 588 g/mol. The van der Waals surface area contributed by atoms with Gasteiger partial charge in [0.2, 0.25) is 0 Å². The maximum Gasteiger partial charge on any atom is 0.509 e. The van der Waals surface area contributed by atoms with Crippen molar-refractivity contribution in [2.24, 2.45) is 5.16 Å². The van der Waals surface area contributed by atoms with Gasteiger partial charge in [-0.3, -0.25) is 14.5 Å². The number of carbonyl (C=O) groups is 4. The van der Waals surface area contributed by atoms with E-state index in [2.05, 4.69) is 25.4 Å². The molecule has 15 nitrogen and oxygen atoms in total. The molecule has 2 saturated heterocycles. The Hall–Kier alpha value is -4.51. The molecule has 208 valence electrons. The van der Waals surface area contributed by atoms with Crippen molar-refractivity contribution in [1.82, 2.24) is 25.2 Å². The lowest BCUT2D eigenvalue weighted by molar-refractivity contribution is -0.153. The monoisotopic (exact) mass is 587 g/mol. The van der Waals surface area contributed by atoms with Crippen LogP contribution >= 0.6 is 23.1 Å². The lowest BCUT2D eigenvalue weighted by atomic mass is 10.0. The fourth-order valence-corrected chi connectivity index (χ4v) is 5.91. The Morgan fingerprint density at radius 1 is 1.30 bits per heavy atom. The number of esters is 1. The van der Waals surface area contributed by atoms with Gasteiger partial charge in [0.25, 0.3) is 11.8 Å². The smallest absolute Gasteiger partial charge is 0.457 e. The zero-order valence-electron chi connectivity index (χ0n) is 20.6. The standard InChI is InChI=1S/C23H21N7O8S2/c1-10-14(38-23(34)37-10)6-36-21(33)17-12(3-2-11-4-25-9-26-5-11)7-39-20-16(19(32)30(17)20)28-18(31)15(29-35)13-8-40-22(24)27-13/h2-5,8-10,14,16,20,35H,6-7H2,1H3,(H2,24,27)(H,28,31)/b3-2-,29-15-/t10?,14?,16-,20+/m1/s1. The first-order chi connectivity index (χ1) is 19.3. The van der Waals surface area contributed by atoms with E-state index in [1.165, 1.54) is 28.4 Å². The molecule has 3 aliphatic rings. The molecule has 2 aromatic rings. The number of anilines is 1. The van der Waals surface area contributed by atoms with Crippen LogP contribution in [0.25, 0.3) is 6.08 Å². The fourth-order valence-electron chi connectivity index (χ4n) is 4.04. The van der Waals surface area contributed by atoms with Crippen LogP contribution < -0.4 is 11.1 Å². The number of thioether (sulfide) groups is 1. The van der Waals surface area contributed by atoms with Gasteiger partial charge >= 0.3 is 12.1 Å². The van der Waals surface area contributed by atoms with Crippen LogP contribution in [-0.4, -0.2) is 90.7 Å². The third kappa shape index (κ3) is 5.32. The number of rotatable bonds is 8. The number of ether oxygens (including phenoxy) is 3. The number of nitrogens with two attached hydrogens (primary N) is 1. The summed E-state index contributed by atoms with van der Waals surface area (Å²) in [7, 11) is 0. The minimum Gasteiger partial charge on any atom is -0.457 e. The molecule has 0 spiro atoms. The molecule has 2 aromatic heterocycles. The van der Waals surface area contributed by atoms with Gasteiger partial charge < -0.3 is 30.5 Å². The third-order valence-corrected chi connectivity index (χ3v) is 8.02. The van der Waals surface area contributed by atoms with Crippen LogP contribution in [0.3, 0.4) is 0 Å². The van der Waals surface area contributed by atoms with Crippen LogP contribution in [0.1, 0.15) is 18.2 Å². The summed E-state index contributed by atoms with van der Waals surface area (Å²) in [6, 6.07) is -1.02. The molecule has 0 saturated carbocycles. The molecule has 40 heavy (non-hydrogen) atoms. The largest absolute Gasteiger partial charge is 0.509 e. The van der Waals surface area contributed by atoms with Crippen molar-refractivity contribution in [3.8, 4) is 0 Å². The zero-order chi connectivity index (χ0) is 28.4. The van der Waals surface area contributed by atoms with Crippen molar-refractivity contribution >= 4 is 64.0 Å². The predicted octanol–water partition coefficient (Wildman–Crippen LogP) is 0.528. The fraction of sp³-hybridized carbons (Fsp3) is 0.304. The van der Waals surface area contributed by atoms with Gasteiger partial charge in [-0.05, 0) is 12.5 Å². The van der Waals surface area contributed by atoms with E-state index in [9.17, 15) is 24.4 Å². The van der Waals surface area contributed by atoms with E-state index in [0.29, 0.717) is 11.1 Å². The summed E-state index contributed by atoms with van der Waals surface area (Å²) in [6.45, 7) is 1.31. The number of oxime groups is 1. The van der Waals surface area contributed by atoms with Crippen molar-refractivity contribution in [2.75, 3.05) is 18.1 Å². The van der Waals surface area contributed by atoms with Gasteiger partial charge in [0, 0.05) is 29.1 Å². The van der Waals surface area contributed by atoms with Gasteiger partial charge in [0.1, 0.15) is 41.8 Å². The minimum absolute atomic E-state index is 0.0198. The summed E-state index contributed by atoms with van der Waals surface area (Å²) in [4.78, 5) is 63.8.